The second-order valence-electron chi connectivity index (χ2n) is 5.11. The van der Waals surface area contributed by atoms with Gasteiger partial charge in [0.15, 0.2) is 0 Å². The highest BCUT2D eigenvalue weighted by atomic mass is 35.5. The van der Waals surface area contributed by atoms with Crippen molar-refractivity contribution in [2.24, 2.45) is 5.73 Å². The first-order valence-corrected chi connectivity index (χ1v) is 6.89. The number of carbonyl (C=O) groups excluding carboxylic acids is 1. The number of nitrogens with two attached hydrogens (primary N) is 1. The third-order valence-electron chi connectivity index (χ3n) is 3.40. The number of likely N-dealkylation sites (N-methyl/N-ethyl adjacent to an activating group) is 1. The van der Waals surface area contributed by atoms with Crippen molar-refractivity contribution in [1.29, 1.82) is 0 Å². The van der Waals surface area contributed by atoms with Gasteiger partial charge in [0.1, 0.15) is 5.76 Å². The molecule has 1 aromatic heterocycles. The van der Waals surface area contributed by atoms with Gasteiger partial charge >= 0.3 is 0 Å². The number of benzene rings is 1. The van der Waals surface area contributed by atoms with Gasteiger partial charge < -0.3 is 15.5 Å². The lowest BCUT2D eigenvalue weighted by Crippen LogP contribution is -2.34. The molecule has 0 spiro atoms. The van der Waals surface area contributed by atoms with E-state index in [-0.39, 0.29) is 24.4 Å². The van der Waals surface area contributed by atoms with E-state index in [1.54, 1.807) is 18.4 Å². The monoisotopic (exact) mass is 323 g/mol. The van der Waals surface area contributed by atoms with Crippen molar-refractivity contribution in [1.82, 2.24) is 10.2 Å². The lowest BCUT2D eigenvalue weighted by Gasteiger charge is -2.22. The summed E-state index contributed by atoms with van der Waals surface area (Å²) >= 11 is 0. The third kappa shape index (κ3) is 4.59. The molecule has 0 bridgehead atoms. The maximum absolute atomic E-state index is 12.1. The second-order valence-corrected chi connectivity index (χ2v) is 5.11. The molecule has 0 radical (unpaired) electrons. The van der Waals surface area contributed by atoms with Crippen molar-refractivity contribution < 1.29 is 9.21 Å². The number of hydrogen-bond donors (Lipinski definition) is 2. The summed E-state index contributed by atoms with van der Waals surface area (Å²) in [5.41, 5.74) is 7.18. The van der Waals surface area contributed by atoms with Gasteiger partial charge in [-0.15, -0.1) is 12.4 Å². The van der Waals surface area contributed by atoms with Crippen LogP contribution in [0, 0.1) is 0 Å². The molecule has 1 heterocycles. The van der Waals surface area contributed by atoms with E-state index in [1.165, 1.54) is 0 Å². The summed E-state index contributed by atoms with van der Waals surface area (Å²) in [7, 11) is 3.91. The largest absolute Gasteiger partial charge is 0.468 e. The normalized spacial score (nSPS) is 11.8. The maximum atomic E-state index is 12.1. The van der Waals surface area contributed by atoms with Gasteiger partial charge in [-0.1, -0.05) is 12.1 Å². The Morgan fingerprint density at radius 3 is 2.45 bits per heavy atom. The average molecular weight is 324 g/mol. The highest BCUT2D eigenvalue weighted by Crippen LogP contribution is 2.17. The van der Waals surface area contributed by atoms with E-state index in [9.17, 15) is 4.79 Å². The van der Waals surface area contributed by atoms with E-state index in [0.29, 0.717) is 18.7 Å². The summed E-state index contributed by atoms with van der Waals surface area (Å²) in [6.45, 7) is 0.959. The number of nitrogens with one attached hydrogen (secondary N) is 1. The van der Waals surface area contributed by atoms with Gasteiger partial charge in [-0.3, -0.25) is 9.69 Å². The molecule has 6 heteroatoms. The molecule has 0 aliphatic heterocycles. The molecule has 0 aliphatic carbocycles. The Bertz CT molecular complexity index is 568. The van der Waals surface area contributed by atoms with Crippen LogP contribution in [0.3, 0.4) is 0 Å². The highest BCUT2D eigenvalue weighted by Gasteiger charge is 2.18. The third-order valence-corrected chi connectivity index (χ3v) is 3.40. The molecule has 2 aromatic rings. The van der Waals surface area contributed by atoms with Gasteiger partial charge in [-0.05, 0) is 43.9 Å². The zero-order chi connectivity index (χ0) is 15.2. The molecule has 0 saturated carbocycles. The molecular weight excluding hydrogens is 302 g/mol. The zero-order valence-electron chi connectivity index (χ0n) is 12.8. The van der Waals surface area contributed by atoms with Crippen LogP contribution in [-0.2, 0) is 6.54 Å². The molecule has 1 amide bonds. The van der Waals surface area contributed by atoms with Crippen molar-refractivity contribution in [2.75, 3.05) is 20.6 Å². The highest BCUT2D eigenvalue weighted by molar-refractivity contribution is 5.94. The fraction of sp³-hybridized carbons (Fsp3) is 0.312. The predicted octanol–water partition coefficient (Wildman–Crippen LogP) is 2.19. The van der Waals surface area contributed by atoms with E-state index in [2.05, 4.69) is 5.32 Å². The average Bonchev–Trinajstić information content (AvgIpc) is 3.01. The molecule has 0 saturated heterocycles. The van der Waals surface area contributed by atoms with Crippen molar-refractivity contribution >= 4 is 18.3 Å². The van der Waals surface area contributed by atoms with Crippen molar-refractivity contribution in [2.45, 2.75) is 12.6 Å². The Labute approximate surface area is 136 Å². The molecule has 3 N–H and O–H groups in total. The SMILES string of the molecule is CN(C)C(CNC(=O)c1ccc(CN)cc1)c1ccco1.Cl. The van der Waals surface area contributed by atoms with Crippen LogP contribution < -0.4 is 11.1 Å². The van der Waals surface area contributed by atoms with Crippen LogP contribution >= 0.6 is 12.4 Å². The van der Waals surface area contributed by atoms with Gasteiger partial charge in [0.2, 0.25) is 0 Å². The minimum absolute atomic E-state index is 0. The fourth-order valence-electron chi connectivity index (χ4n) is 2.10. The van der Waals surface area contributed by atoms with E-state index in [1.807, 2.05) is 43.3 Å². The Kier molecular flexibility index (Phi) is 7.11. The quantitative estimate of drug-likeness (QED) is 0.855. The fourth-order valence-corrected chi connectivity index (χ4v) is 2.10. The van der Waals surface area contributed by atoms with Crippen molar-refractivity contribution in [3.05, 3.63) is 59.5 Å². The maximum Gasteiger partial charge on any atom is 0.251 e. The summed E-state index contributed by atoms with van der Waals surface area (Å²) in [5, 5.41) is 2.93. The molecule has 120 valence electrons. The van der Waals surface area contributed by atoms with Crippen LogP contribution in [0.25, 0.3) is 0 Å². The van der Waals surface area contributed by atoms with Crippen LogP contribution in [0.2, 0.25) is 0 Å². The first kappa shape index (κ1) is 18.2. The Morgan fingerprint density at radius 2 is 1.95 bits per heavy atom. The van der Waals surface area contributed by atoms with Crippen LogP contribution in [-0.4, -0.2) is 31.4 Å². The Balaban J connectivity index is 0.00000242. The molecule has 1 unspecified atom stereocenters. The summed E-state index contributed by atoms with van der Waals surface area (Å²) in [4.78, 5) is 14.2. The second kappa shape index (κ2) is 8.58. The van der Waals surface area contributed by atoms with Gasteiger partial charge in [-0.25, -0.2) is 0 Å². The smallest absolute Gasteiger partial charge is 0.251 e. The molecule has 2 rings (SSSR count). The van der Waals surface area contributed by atoms with Gasteiger partial charge in [0.25, 0.3) is 5.91 Å². The number of furan rings is 1. The van der Waals surface area contributed by atoms with Crippen LogP contribution in [0.4, 0.5) is 0 Å². The molecule has 0 aliphatic rings. The van der Waals surface area contributed by atoms with Gasteiger partial charge in [-0.2, -0.15) is 0 Å². The first-order chi connectivity index (χ1) is 10.1. The predicted molar refractivity (Wildman–Crippen MR) is 89.1 cm³/mol. The summed E-state index contributed by atoms with van der Waals surface area (Å²) in [6, 6.07) is 11.1. The van der Waals surface area contributed by atoms with Crippen molar-refractivity contribution in [3.63, 3.8) is 0 Å². The number of carbonyl (C=O) groups is 1. The van der Waals surface area contributed by atoms with E-state index < -0.39 is 0 Å². The molecule has 1 aromatic carbocycles. The zero-order valence-corrected chi connectivity index (χ0v) is 13.6. The topological polar surface area (TPSA) is 71.5 Å². The summed E-state index contributed by atoms with van der Waals surface area (Å²) in [6.07, 6.45) is 1.64. The summed E-state index contributed by atoms with van der Waals surface area (Å²) < 4.78 is 5.42. The van der Waals surface area contributed by atoms with Crippen LogP contribution in [0.15, 0.2) is 47.1 Å². The minimum Gasteiger partial charge on any atom is -0.468 e. The standard InChI is InChI=1S/C16H21N3O2.ClH/c1-19(2)14(15-4-3-9-21-15)11-18-16(20)13-7-5-12(10-17)6-8-13;/h3-9,14H,10-11,17H2,1-2H3,(H,18,20);1H. The molecule has 5 nitrogen and oxygen atoms in total. The molecule has 0 fully saturated rings. The number of rotatable bonds is 6. The number of nitrogens with zero attached hydrogens (tertiary/aromatic N) is 1. The Hall–Kier alpha value is -1.82. The van der Waals surface area contributed by atoms with E-state index >= 15 is 0 Å². The van der Waals surface area contributed by atoms with E-state index in [4.69, 9.17) is 10.2 Å². The van der Waals surface area contributed by atoms with Crippen LogP contribution in [0.5, 0.6) is 0 Å². The summed E-state index contributed by atoms with van der Waals surface area (Å²) in [5.74, 6) is 0.732. The minimum atomic E-state index is -0.100. The molecule has 1 atom stereocenters. The number of halogens is 1. The molecule has 22 heavy (non-hydrogen) atoms. The molecular formula is C16H22ClN3O2. The van der Waals surface area contributed by atoms with Gasteiger partial charge in [0, 0.05) is 18.7 Å². The number of amides is 1. The van der Waals surface area contributed by atoms with Gasteiger partial charge in [0.05, 0.1) is 12.3 Å². The number of hydrogen-bond acceptors (Lipinski definition) is 4. The lowest BCUT2D eigenvalue weighted by molar-refractivity contribution is 0.0939. The van der Waals surface area contributed by atoms with Crippen LogP contribution in [0.1, 0.15) is 27.7 Å². The Morgan fingerprint density at radius 1 is 1.27 bits per heavy atom. The lowest BCUT2D eigenvalue weighted by atomic mass is 10.1. The van der Waals surface area contributed by atoms with E-state index in [0.717, 1.165) is 11.3 Å². The first-order valence-electron chi connectivity index (χ1n) is 6.89. The van der Waals surface area contributed by atoms with Crippen molar-refractivity contribution in [3.8, 4) is 0 Å².